The fourth-order valence-electron chi connectivity index (χ4n) is 2.25. The second kappa shape index (κ2) is 5.11. The highest BCUT2D eigenvalue weighted by atomic mass is 35.5. The van der Waals surface area contributed by atoms with Crippen molar-refractivity contribution in [2.24, 2.45) is 0 Å². The van der Waals surface area contributed by atoms with E-state index in [-0.39, 0.29) is 23.2 Å². The molecule has 2 aromatic rings. The van der Waals surface area contributed by atoms with E-state index in [9.17, 15) is 14.0 Å². The lowest BCUT2D eigenvalue weighted by Crippen LogP contribution is -2.25. The van der Waals surface area contributed by atoms with Crippen LogP contribution in [0.3, 0.4) is 0 Å². The zero-order chi connectivity index (χ0) is 15.1. The standard InChI is InChI=1S/C14H12ClFN2O3/c1-2-21-14(20)9-5-8(7-3-4-7)12-17-11(15)10(16)6-18(12)13(9)19/h5-7H,2-4H2,1H3. The lowest BCUT2D eigenvalue weighted by atomic mass is 10.1. The molecule has 1 aliphatic carbocycles. The van der Waals surface area contributed by atoms with Crippen LogP contribution in [-0.4, -0.2) is 22.0 Å². The van der Waals surface area contributed by atoms with Crippen LogP contribution in [0.15, 0.2) is 17.1 Å². The van der Waals surface area contributed by atoms with Gasteiger partial charge in [0.25, 0.3) is 5.56 Å². The van der Waals surface area contributed by atoms with E-state index >= 15 is 0 Å². The lowest BCUT2D eigenvalue weighted by molar-refractivity contribution is 0.0524. The van der Waals surface area contributed by atoms with Crippen molar-refractivity contribution in [2.45, 2.75) is 25.7 Å². The molecule has 3 rings (SSSR count). The van der Waals surface area contributed by atoms with Crippen molar-refractivity contribution in [1.82, 2.24) is 9.38 Å². The normalized spacial score (nSPS) is 14.4. The Labute approximate surface area is 124 Å². The maximum Gasteiger partial charge on any atom is 0.343 e. The number of nitrogens with zero attached hydrogens (tertiary/aromatic N) is 2. The Morgan fingerprint density at radius 3 is 2.90 bits per heavy atom. The van der Waals surface area contributed by atoms with Gasteiger partial charge in [-0.15, -0.1) is 0 Å². The molecule has 2 aromatic heterocycles. The molecule has 1 aliphatic rings. The summed E-state index contributed by atoms with van der Waals surface area (Å²) in [5.74, 6) is -1.31. The molecule has 0 atom stereocenters. The number of halogens is 2. The van der Waals surface area contributed by atoms with Crippen LogP contribution in [0.2, 0.25) is 5.15 Å². The Hall–Kier alpha value is -1.95. The quantitative estimate of drug-likeness (QED) is 0.645. The SMILES string of the molecule is CCOC(=O)c1cc(C2CC2)c2nc(Cl)c(F)cn2c1=O. The van der Waals surface area contributed by atoms with Gasteiger partial charge in [0.05, 0.1) is 12.8 Å². The molecule has 0 aromatic carbocycles. The molecule has 2 heterocycles. The number of pyridine rings is 1. The highest BCUT2D eigenvalue weighted by Gasteiger charge is 2.29. The van der Waals surface area contributed by atoms with E-state index in [0.29, 0.717) is 5.65 Å². The smallest absolute Gasteiger partial charge is 0.343 e. The van der Waals surface area contributed by atoms with Crippen molar-refractivity contribution in [3.8, 4) is 0 Å². The van der Waals surface area contributed by atoms with E-state index in [1.54, 1.807) is 6.92 Å². The minimum Gasteiger partial charge on any atom is -0.462 e. The molecular formula is C14H12ClFN2O3. The summed E-state index contributed by atoms with van der Waals surface area (Å²) in [6, 6.07) is 1.49. The van der Waals surface area contributed by atoms with Gasteiger partial charge in [-0.2, -0.15) is 0 Å². The zero-order valence-electron chi connectivity index (χ0n) is 11.2. The molecule has 0 radical (unpaired) electrons. The van der Waals surface area contributed by atoms with Gasteiger partial charge in [0, 0.05) is 0 Å². The summed E-state index contributed by atoms with van der Waals surface area (Å²) < 4.78 is 19.5. The monoisotopic (exact) mass is 310 g/mol. The summed E-state index contributed by atoms with van der Waals surface area (Å²) in [5.41, 5.74) is 0.247. The van der Waals surface area contributed by atoms with Gasteiger partial charge >= 0.3 is 5.97 Å². The van der Waals surface area contributed by atoms with E-state index in [1.165, 1.54) is 6.07 Å². The van der Waals surface area contributed by atoms with Crippen LogP contribution in [0, 0.1) is 5.82 Å². The average molecular weight is 311 g/mol. The Morgan fingerprint density at radius 1 is 1.57 bits per heavy atom. The van der Waals surface area contributed by atoms with E-state index in [0.717, 1.165) is 29.0 Å². The third-order valence-electron chi connectivity index (χ3n) is 3.39. The molecule has 0 spiro atoms. The van der Waals surface area contributed by atoms with Gasteiger partial charge < -0.3 is 4.74 Å². The fraction of sp³-hybridized carbons (Fsp3) is 0.357. The molecule has 7 heteroatoms. The fourth-order valence-corrected chi connectivity index (χ4v) is 2.38. The summed E-state index contributed by atoms with van der Waals surface area (Å²) in [7, 11) is 0. The molecule has 0 bridgehead atoms. The first-order chi connectivity index (χ1) is 10.0. The van der Waals surface area contributed by atoms with Crippen LogP contribution in [0.4, 0.5) is 4.39 Å². The van der Waals surface area contributed by atoms with Crippen molar-refractivity contribution >= 4 is 23.2 Å². The van der Waals surface area contributed by atoms with Crippen LogP contribution in [-0.2, 0) is 4.74 Å². The molecule has 0 unspecified atom stereocenters. The van der Waals surface area contributed by atoms with E-state index in [2.05, 4.69) is 4.98 Å². The van der Waals surface area contributed by atoms with Crippen molar-refractivity contribution in [3.05, 3.63) is 44.7 Å². The summed E-state index contributed by atoms with van der Waals surface area (Å²) >= 11 is 5.70. The Morgan fingerprint density at radius 2 is 2.29 bits per heavy atom. The predicted octanol–water partition coefficient (Wildman–Crippen LogP) is 2.54. The van der Waals surface area contributed by atoms with Crippen molar-refractivity contribution in [2.75, 3.05) is 6.61 Å². The van der Waals surface area contributed by atoms with E-state index < -0.39 is 17.3 Å². The number of carbonyl (C=O) groups excluding carboxylic acids is 1. The number of carbonyl (C=O) groups is 1. The topological polar surface area (TPSA) is 60.7 Å². The highest BCUT2D eigenvalue weighted by molar-refractivity contribution is 6.29. The summed E-state index contributed by atoms with van der Waals surface area (Å²) in [6.07, 6.45) is 2.83. The second-order valence-electron chi connectivity index (χ2n) is 4.89. The Kier molecular flexibility index (Phi) is 3.41. The molecule has 21 heavy (non-hydrogen) atoms. The zero-order valence-corrected chi connectivity index (χ0v) is 12.0. The molecule has 1 fully saturated rings. The van der Waals surface area contributed by atoms with E-state index in [4.69, 9.17) is 16.3 Å². The maximum atomic E-state index is 13.6. The third kappa shape index (κ3) is 2.40. The Balaban J connectivity index is 2.31. The molecule has 0 N–H and O–H groups in total. The van der Waals surface area contributed by atoms with Crippen molar-refractivity contribution in [1.29, 1.82) is 0 Å². The number of ether oxygens (including phenoxy) is 1. The Bertz CT molecular complexity index is 799. The van der Waals surface area contributed by atoms with Crippen molar-refractivity contribution in [3.63, 3.8) is 0 Å². The van der Waals surface area contributed by atoms with Gasteiger partial charge in [-0.05, 0) is 37.3 Å². The van der Waals surface area contributed by atoms with Gasteiger partial charge in [-0.3, -0.25) is 9.20 Å². The molecule has 0 aliphatic heterocycles. The number of hydrogen-bond donors (Lipinski definition) is 0. The first-order valence-corrected chi connectivity index (χ1v) is 6.99. The van der Waals surface area contributed by atoms with Gasteiger partial charge in [-0.1, -0.05) is 11.6 Å². The van der Waals surface area contributed by atoms with Crippen LogP contribution in [0.25, 0.3) is 5.65 Å². The lowest BCUT2D eigenvalue weighted by Gasteiger charge is -2.10. The molecule has 110 valence electrons. The summed E-state index contributed by atoms with van der Waals surface area (Å²) in [6.45, 7) is 1.81. The minimum atomic E-state index is -0.811. The summed E-state index contributed by atoms with van der Waals surface area (Å²) in [4.78, 5) is 28.1. The minimum absolute atomic E-state index is 0.111. The van der Waals surface area contributed by atoms with Gasteiger partial charge in [0.15, 0.2) is 11.0 Å². The van der Waals surface area contributed by atoms with Crippen molar-refractivity contribution < 1.29 is 13.9 Å². The molecule has 1 saturated carbocycles. The molecule has 0 saturated heterocycles. The number of hydrogen-bond acceptors (Lipinski definition) is 4. The van der Waals surface area contributed by atoms with Gasteiger partial charge in [0.1, 0.15) is 11.2 Å². The number of aromatic nitrogens is 2. The van der Waals surface area contributed by atoms with Crippen LogP contribution in [0.1, 0.15) is 41.6 Å². The summed E-state index contributed by atoms with van der Waals surface area (Å²) in [5, 5.41) is -0.291. The average Bonchev–Trinajstić information content (AvgIpc) is 3.26. The first-order valence-electron chi connectivity index (χ1n) is 6.61. The third-order valence-corrected chi connectivity index (χ3v) is 3.66. The predicted molar refractivity (Wildman–Crippen MR) is 74.4 cm³/mol. The highest BCUT2D eigenvalue weighted by Crippen LogP contribution is 2.41. The maximum absolute atomic E-state index is 13.6. The van der Waals surface area contributed by atoms with Gasteiger partial charge in [0.2, 0.25) is 0 Å². The van der Waals surface area contributed by atoms with Crippen LogP contribution < -0.4 is 5.56 Å². The molecule has 0 amide bonds. The molecule has 5 nitrogen and oxygen atoms in total. The van der Waals surface area contributed by atoms with Crippen LogP contribution >= 0.6 is 11.6 Å². The largest absolute Gasteiger partial charge is 0.462 e. The first kappa shape index (κ1) is 14.0. The van der Waals surface area contributed by atoms with E-state index in [1.807, 2.05) is 0 Å². The number of rotatable bonds is 3. The number of esters is 1. The number of fused-ring (bicyclic) bond motifs is 1. The van der Waals surface area contributed by atoms with Crippen LogP contribution in [0.5, 0.6) is 0 Å². The van der Waals surface area contributed by atoms with Gasteiger partial charge in [-0.25, -0.2) is 14.2 Å². The second-order valence-corrected chi connectivity index (χ2v) is 5.24. The molecular weight excluding hydrogens is 299 g/mol.